The molecule has 15 heavy (non-hydrogen) atoms. The first-order valence-corrected chi connectivity index (χ1v) is 5.58. The van der Waals surface area contributed by atoms with Crippen LogP contribution in [0.5, 0.6) is 0 Å². The first kappa shape index (κ1) is 10.4. The summed E-state index contributed by atoms with van der Waals surface area (Å²) in [5.74, 6) is 0. The van der Waals surface area contributed by atoms with Gasteiger partial charge in [-0.3, -0.25) is 4.98 Å². The van der Waals surface area contributed by atoms with E-state index in [2.05, 4.69) is 16.4 Å². The maximum absolute atomic E-state index is 5.40. The van der Waals surface area contributed by atoms with Crippen LogP contribution in [0.25, 0.3) is 0 Å². The number of anilines is 1. The van der Waals surface area contributed by atoms with E-state index < -0.39 is 0 Å². The number of methoxy groups -OCH3 is 1. The van der Waals surface area contributed by atoms with Gasteiger partial charge >= 0.3 is 0 Å². The van der Waals surface area contributed by atoms with Gasteiger partial charge < -0.3 is 10.1 Å². The molecule has 2 atom stereocenters. The third-order valence-electron chi connectivity index (χ3n) is 2.99. The lowest BCUT2D eigenvalue weighted by Crippen LogP contribution is -2.30. The number of hydrogen-bond donors (Lipinski definition) is 1. The summed E-state index contributed by atoms with van der Waals surface area (Å²) in [5.41, 5.74) is 1.11. The molecule has 0 spiro atoms. The molecule has 2 unspecified atom stereocenters. The Morgan fingerprint density at radius 2 is 2.40 bits per heavy atom. The zero-order valence-electron chi connectivity index (χ0n) is 9.15. The summed E-state index contributed by atoms with van der Waals surface area (Å²) >= 11 is 0. The molecule has 0 saturated heterocycles. The molecule has 1 aromatic heterocycles. The predicted octanol–water partition coefficient (Wildman–Crippen LogP) is 2.45. The summed E-state index contributed by atoms with van der Waals surface area (Å²) in [5, 5.41) is 3.50. The van der Waals surface area contributed by atoms with Crippen molar-refractivity contribution in [3.05, 3.63) is 24.5 Å². The third kappa shape index (κ3) is 2.93. The quantitative estimate of drug-likeness (QED) is 0.824. The van der Waals surface area contributed by atoms with Gasteiger partial charge in [0.05, 0.1) is 11.8 Å². The molecule has 0 bridgehead atoms. The predicted molar refractivity (Wildman–Crippen MR) is 60.9 cm³/mol. The van der Waals surface area contributed by atoms with E-state index in [9.17, 15) is 0 Å². The molecule has 3 heteroatoms. The van der Waals surface area contributed by atoms with Gasteiger partial charge in [-0.15, -0.1) is 0 Å². The second-order valence-electron chi connectivity index (χ2n) is 4.11. The van der Waals surface area contributed by atoms with Crippen LogP contribution in [0, 0.1) is 0 Å². The number of hydrogen-bond acceptors (Lipinski definition) is 3. The lowest BCUT2D eigenvalue weighted by molar-refractivity contribution is 0.0669. The molecule has 0 aliphatic heterocycles. The molecule has 0 amide bonds. The molecule has 1 heterocycles. The van der Waals surface area contributed by atoms with Gasteiger partial charge in [-0.05, 0) is 37.8 Å². The van der Waals surface area contributed by atoms with E-state index in [1.807, 2.05) is 12.3 Å². The normalized spacial score (nSPS) is 26.2. The Morgan fingerprint density at radius 3 is 3.13 bits per heavy atom. The number of aromatic nitrogens is 1. The average molecular weight is 206 g/mol. The fraction of sp³-hybridized carbons (Fsp3) is 0.583. The minimum absolute atomic E-state index is 0.424. The highest BCUT2D eigenvalue weighted by atomic mass is 16.5. The molecule has 1 N–H and O–H groups in total. The van der Waals surface area contributed by atoms with E-state index in [-0.39, 0.29) is 0 Å². The van der Waals surface area contributed by atoms with Crippen LogP contribution >= 0.6 is 0 Å². The summed E-state index contributed by atoms with van der Waals surface area (Å²) in [6.07, 6.45) is 8.87. The standard InChI is InChI=1S/C12H18N2O/c1-15-12-6-2-4-10(8-12)14-11-5-3-7-13-9-11/h3,5,7,9-10,12,14H,2,4,6,8H2,1H3. The van der Waals surface area contributed by atoms with E-state index in [0.717, 1.165) is 12.1 Å². The van der Waals surface area contributed by atoms with Crippen molar-refractivity contribution < 1.29 is 4.74 Å². The summed E-state index contributed by atoms with van der Waals surface area (Å²) in [7, 11) is 1.80. The Hall–Kier alpha value is -1.09. The molecule has 0 aromatic carbocycles. The molecule has 1 aliphatic carbocycles. The Balaban J connectivity index is 1.89. The van der Waals surface area contributed by atoms with Crippen LogP contribution in [0.4, 0.5) is 5.69 Å². The largest absolute Gasteiger partial charge is 0.381 e. The molecule has 0 radical (unpaired) electrons. The van der Waals surface area contributed by atoms with Crippen molar-refractivity contribution in [1.29, 1.82) is 0 Å². The Labute approximate surface area is 90.9 Å². The summed E-state index contributed by atoms with van der Waals surface area (Å²) in [6.45, 7) is 0. The molecule has 1 aromatic rings. The van der Waals surface area contributed by atoms with Crippen LogP contribution in [0.15, 0.2) is 24.5 Å². The topological polar surface area (TPSA) is 34.1 Å². The highest BCUT2D eigenvalue weighted by molar-refractivity contribution is 5.40. The number of nitrogens with one attached hydrogen (secondary N) is 1. The van der Waals surface area contributed by atoms with Gasteiger partial charge in [-0.25, -0.2) is 0 Å². The summed E-state index contributed by atoms with van der Waals surface area (Å²) < 4.78 is 5.40. The molecule has 1 aliphatic rings. The van der Waals surface area contributed by atoms with Crippen LogP contribution in [-0.2, 0) is 4.74 Å². The van der Waals surface area contributed by atoms with Gasteiger partial charge in [0.1, 0.15) is 0 Å². The van der Waals surface area contributed by atoms with Gasteiger partial charge in [0.25, 0.3) is 0 Å². The third-order valence-corrected chi connectivity index (χ3v) is 2.99. The Morgan fingerprint density at radius 1 is 1.47 bits per heavy atom. The molecule has 82 valence electrons. The molecular weight excluding hydrogens is 188 g/mol. The van der Waals surface area contributed by atoms with E-state index in [1.54, 1.807) is 13.3 Å². The maximum atomic E-state index is 5.40. The maximum Gasteiger partial charge on any atom is 0.0590 e. The van der Waals surface area contributed by atoms with Crippen LogP contribution in [0.1, 0.15) is 25.7 Å². The molecular formula is C12H18N2O. The number of pyridine rings is 1. The highest BCUT2D eigenvalue weighted by Gasteiger charge is 2.21. The van der Waals surface area contributed by atoms with E-state index in [1.165, 1.54) is 19.3 Å². The summed E-state index contributed by atoms with van der Waals surface area (Å²) in [6, 6.07) is 4.55. The molecule has 1 fully saturated rings. The van der Waals surface area contributed by atoms with Gasteiger partial charge in [0.2, 0.25) is 0 Å². The van der Waals surface area contributed by atoms with Crippen molar-refractivity contribution in [3.63, 3.8) is 0 Å². The SMILES string of the molecule is COC1CCCC(Nc2cccnc2)C1. The van der Waals surface area contributed by atoms with E-state index in [4.69, 9.17) is 4.74 Å². The Kier molecular flexibility index (Phi) is 3.56. The van der Waals surface area contributed by atoms with Crippen LogP contribution < -0.4 is 5.32 Å². The van der Waals surface area contributed by atoms with Gasteiger partial charge in [-0.1, -0.05) is 0 Å². The first-order valence-electron chi connectivity index (χ1n) is 5.58. The van der Waals surface area contributed by atoms with Crippen LogP contribution in [0.2, 0.25) is 0 Å². The highest BCUT2D eigenvalue weighted by Crippen LogP contribution is 2.23. The summed E-state index contributed by atoms with van der Waals surface area (Å²) in [4.78, 5) is 4.10. The van der Waals surface area contributed by atoms with Crippen molar-refractivity contribution in [2.75, 3.05) is 12.4 Å². The van der Waals surface area contributed by atoms with Gasteiger partial charge in [0, 0.05) is 25.5 Å². The smallest absolute Gasteiger partial charge is 0.0590 e. The minimum Gasteiger partial charge on any atom is -0.381 e. The van der Waals surface area contributed by atoms with Crippen LogP contribution in [0.3, 0.4) is 0 Å². The van der Waals surface area contributed by atoms with E-state index in [0.29, 0.717) is 12.1 Å². The number of ether oxygens (including phenoxy) is 1. The number of rotatable bonds is 3. The minimum atomic E-state index is 0.424. The molecule has 3 nitrogen and oxygen atoms in total. The van der Waals surface area contributed by atoms with Gasteiger partial charge in [-0.2, -0.15) is 0 Å². The molecule has 2 rings (SSSR count). The lowest BCUT2D eigenvalue weighted by atomic mass is 9.93. The fourth-order valence-electron chi connectivity index (χ4n) is 2.17. The fourth-order valence-corrected chi connectivity index (χ4v) is 2.17. The molecule has 1 saturated carbocycles. The van der Waals surface area contributed by atoms with Crippen molar-refractivity contribution in [1.82, 2.24) is 4.98 Å². The second kappa shape index (κ2) is 5.12. The van der Waals surface area contributed by atoms with Crippen LogP contribution in [-0.4, -0.2) is 24.2 Å². The van der Waals surface area contributed by atoms with Crippen molar-refractivity contribution in [2.45, 2.75) is 37.8 Å². The first-order chi connectivity index (χ1) is 7.38. The average Bonchev–Trinajstić information content (AvgIpc) is 2.31. The monoisotopic (exact) mass is 206 g/mol. The second-order valence-corrected chi connectivity index (χ2v) is 4.11. The lowest BCUT2D eigenvalue weighted by Gasteiger charge is -2.29. The zero-order valence-corrected chi connectivity index (χ0v) is 9.15. The van der Waals surface area contributed by atoms with E-state index >= 15 is 0 Å². The van der Waals surface area contributed by atoms with Gasteiger partial charge in [0.15, 0.2) is 0 Å². The zero-order chi connectivity index (χ0) is 10.5. The Bertz CT molecular complexity index is 289. The number of nitrogens with zero attached hydrogens (tertiary/aromatic N) is 1. The van der Waals surface area contributed by atoms with Crippen molar-refractivity contribution in [2.24, 2.45) is 0 Å². The van der Waals surface area contributed by atoms with Crippen molar-refractivity contribution >= 4 is 5.69 Å². The van der Waals surface area contributed by atoms with Crippen molar-refractivity contribution in [3.8, 4) is 0 Å².